The lowest BCUT2D eigenvalue weighted by atomic mass is 9.88. The van der Waals surface area contributed by atoms with E-state index in [1.165, 1.54) is 0 Å². The van der Waals surface area contributed by atoms with Crippen LogP contribution in [0.4, 0.5) is 0 Å². The van der Waals surface area contributed by atoms with Crippen molar-refractivity contribution in [1.29, 1.82) is 0 Å². The van der Waals surface area contributed by atoms with Crippen LogP contribution in [0.25, 0.3) is 0 Å². The van der Waals surface area contributed by atoms with E-state index in [0.717, 1.165) is 6.54 Å². The van der Waals surface area contributed by atoms with Gasteiger partial charge in [-0.1, -0.05) is 13.8 Å². The van der Waals surface area contributed by atoms with Crippen molar-refractivity contribution in [2.24, 2.45) is 5.41 Å². The van der Waals surface area contributed by atoms with Crippen LogP contribution in [-0.4, -0.2) is 24.8 Å². The summed E-state index contributed by atoms with van der Waals surface area (Å²) in [5.41, 5.74) is -0.00521. The summed E-state index contributed by atoms with van der Waals surface area (Å²) < 4.78 is 0. The van der Waals surface area contributed by atoms with Gasteiger partial charge in [-0.3, -0.25) is 0 Å². The van der Waals surface area contributed by atoms with E-state index in [-0.39, 0.29) is 11.5 Å². The molecule has 0 spiro atoms. The van der Waals surface area contributed by atoms with Gasteiger partial charge in [-0.25, -0.2) is 0 Å². The summed E-state index contributed by atoms with van der Waals surface area (Å²) in [6.07, 6.45) is -0.245. The van der Waals surface area contributed by atoms with Gasteiger partial charge in [-0.2, -0.15) is 0 Å². The van der Waals surface area contributed by atoms with Gasteiger partial charge in [0.1, 0.15) is 0 Å². The monoisotopic (exact) mass is 131 g/mol. The zero-order chi connectivity index (χ0) is 7.49. The Labute approximate surface area is 57.3 Å². The molecule has 0 heterocycles. The van der Waals surface area contributed by atoms with E-state index in [1.54, 1.807) is 0 Å². The average Bonchev–Trinajstić information content (AvgIpc) is 1.65. The van der Waals surface area contributed by atoms with Crippen LogP contribution in [0.1, 0.15) is 20.8 Å². The third-order valence-electron chi connectivity index (χ3n) is 1.76. The van der Waals surface area contributed by atoms with Crippen LogP contribution in [0, 0.1) is 5.41 Å². The van der Waals surface area contributed by atoms with Gasteiger partial charge in [-0.15, -0.1) is 0 Å². The molecular formula is C7H17NO. The van der Waals surface area contributed by atoms with E-state index < -0.39 is 0 Å². The maximum absolute atomic E-state index is 9.17. The molecule has 0 aliphatic heterocycles. The number of aliphatic hydroxyl groups excluding tert-OH is 1. The van der Waals surface area contributed by atoms with Crippen LogP contribution in [0.2, 0.25) is 0 Å². The van der Waals surface area contributed by atoms with Gasteiger partial charge in [-0.05, 0) is 14.0 Å². The zero-order valence-corrected chi connectivity index (χ0v) is 6.73. The molecule has 1 unspecified atom stereocenters. The molecule has 56 valence electrons. The first-order chi connectivity index (χ1) is 4.00. The average molecular weight is 131 g/mol. The SMILES string of the molecule is CNCC(C)(C)C(C)O. The van der Waals surface area contributed by atoms with Gasteiger partial charge in [0.15, 0.2) is 0 Å². The Bertz CT molecular complexity index is 79.0. The molecule has 2 nitrogen and oxygen atoms in total. The second-order valence-electron chi connectivity index (χ2n) is 3.19. The van der Waals surface area contributed by atoms with Crippen LogP contribution in [0.15, 0.2) is 0 Å². The van der Waals surface area contributed by atoms with Crippen LogP contribution in [-0.2, 0) is 0 Å². The first-order valence-corrected chi connectivity index (χ1v) is 3.33. The molecule has 0 aromatic heterocycles. The molecule has 2 heteroatoms. The highest BCUT2D eigenvalue weighted by Crippen LogP contribution is 2.18. The highest BCUT2D eigenvalue weighted by molar-refractivity contribution is 4.75. The zero-order valence-electron chi connectivity index (χ0n) is 6.73. The normalized spacial score (nSPS) is 15.7. The van der Waals surface area contributed by atoms with Gasteiger partial charge in [0, 0.05) is 12.0 Å². The lowest BCUT2D eigenvalue weighted by molar-refractivity contribution is 0.0675. The molecule has 0 aliphatic rings. The minimum Gasteiger partial charge on any atom is -0.393 e. The smallest absolute Gasteiger partial charge is 0.0575 e. The fourth-order valence-corrected chi connectivity index (χ4v) is 0.603. The maximum Gasteiger partial charge on any atom is 0.0575 e. The van der Waals surface area contributed by atoms with E-state index in [4.69, 9.17) is 0 Å². The van der Waals surface area contributed by atoms with Crippen LogP contribution >= 0.6 is 0 Å². The summed E-state index contributed by atoms with van der Waals surface area (Å²) in [5, 5.41) is 12.2. The molecule has 0 saturated heterocycles. The molecule has 0 saturated carbocycles. The van der Waals surface area contributed by atoms with E-state index in [2.05, 4.69) is 5.32 Å². The number of rotatable bonds is 3. The van der Waals surface area contributed by atoms with Gasteiger partial charge in [0.2, 0.25) is 0 Å². The summed E-state index contributed by atoms with van der Waals surface area (Å²) in [5.74, 6) is 0. The molecule has 0 aliphatic carbocycles. The Balaban J connectivity index is 3.70. The van der Waals surface area contributed by atoms with Crippen molar-refractivity contribution < 1.29 is 5.11 Å². The fourth-order valence-electron chi connectivity index (χ4n) is 0.603. The van der Waals surface area contributed by atoms with Crippen LogP contribution in [0.5, 0.6) is 0 Å². The van der Waals surface area contributed by atoms with Gasteiger partial charge in [0.05, 0.1) is 6.10 Å². The third-order valence-corrected chi connectivity index (χ3v) is 1.76. The minimum atomic E-state index is -0.245. The Morgan fingerprint density at radius 1 is 1.56 bits per heavy atom. The van der Waals surface area contributed by atoms with Crippen LogP contribution < -0.4 is 5.32 Å². The summed E-state index contributed by atoms with van der Waals surface area (Å²) in [7, 11) is 1.89. The standard InChI is InChI=1S/C7H17NO/c1-6(9)7(2,3)5-8-4/h6,8-9H,5H2,1-4H3. The Kier molecular flexibility index (Phi) is 3.15. The largest absolute Gasteiger partial charge is 0.393 e. The molecule has 0 rings (SSSR count). The molecule has 0 aromatic rings. The van der Waals surface area contributed by atoms with Gasteiger partial charge < -0.3 is 10.4 Å². The minimum absolute atomic E-state index is 0.00521. The molecule has 0 fully saturated rings. The van der Waals surface area contributed by atoms with Crippen molar-refractivity contribution in [2.45, 2.75) is 26.9 Å². The Morgan fingerprint density at radius 2 is 2.00 bits per heavy atom. The molecule has 2 N–H and O–H groups in total. The van der Waals surface area contributed by atoms with Gasteiger partial charge >= 0.3 is 0 Å². The lowest BCUT2D eigenvalue weighted by Crippen LogP contribution is -2.35. The quantitative estimate of drug-likeness (QED) is 0.588. The molecule has 0 bridgehead atoms. The Hall–Kier alpha value is -0.0800. The van der Waals surface area contributed by atoms with Gasteiger partial charge in [0.25, 0.3) is 0 Å². The van der Waals surface area contributed by atoms with Crippen molar-refractivity contribution in [3.63, 3.8) is 0 Å². The molecule has 1 atom stereocenters. The number of hydrogen-bond acceptors (Lipinski definition) is 2. The summed E-state index contributed by atoms with van der Waals surface area (Å²) >= 11 is 0. The number of nitrogens with one attached hydrogen (secondary N) is 1. The molecule has 0 aromatic carbocycles. The second kappa shape index (κ2) is 3.18. The topological polar surface area (TPSA) is 32.3 Å². The van der Waals surface area contributed by atoms with E-state index in [9.17, 15) is 5.11 Å². The molecule has 0 amide bonds. The molecular weight excluding hydrogens is 114 g/mol. The summed E-state index contributed by atoms with van der Waals surface area (Å²) in [4.78, 5) is 0. The summed E-state index contributed by atoms with van der Waals surface area (Å²) in [6, 6.07) is 0. The van der Waals surface area contributed by atoms with E-state index >= 15 is 0 Å². The molecule has 0 radical (unpaired) electrons. The fraction of sp³-hybridized carbons (Fsp3) is 1.00. The van der Waals surface area contributed by atoms with Crippen molar-refractivity contribution in [2.75, 3.05) is 13.6 Å². The number of aliphatic hydroxyl groups is 1. The van der Waals surface area contributed by atoms with Crippen molar-refractivity contribution in [1.82, 2.24) is 5.32 Å². The first kappa shape index (κ1) is 8.92. The second-order valence-corrected chi connectivity index (χ2v) is 3.19. The first-order valence-electron chi connectivity index (χ1n) is 3.33. The van der Waals surface area contributed by atoms with E-state index in [0.29, 0.717) is 0 Å². The van der Waals surface area contributed by atoms with Crippen molar-refractivity contribution in [3.8, 4) is 0 Å². The predicted molar refractivity (Wildman–Crippen MR) is 39.4 cm³/mol. The highest BCUT2D eigenvalue weighted by atomic mass is 16.3. The third kappa shape index (κ3) is 2.82. The predicted octanol–water partition coefficient (Wildman–Crippen LogP) is 0.613. The van der Waals surface area contributed by atoms with E-state index in [1.807, 2.05) is 27.8 Å². The van der Waals surface area contributed by atoms with Crippen LogP contribution in [0.3, 0.4) is 0 Å². The van der Waals surface area contributed by atoms with Crippen molar-refractivity contribution >= 4 is 0 Å². The summed E-state index contributed by atoms with van der Waals surface area (Å²) in [6.45, 7) is 6.74. The van der Waals surface area contributed by atoms with Crippen molar-refractivity contribution in [3.05, 3.63) is 0 Å². The maximum atomic E-state index is 9.17. The number of hydrogen-bond donors (Lipinski definition) is 2. The molecule has 9 heavy (non-hydrogen) atoms. The lowest BCUT2D eigenvalue weighted by Gasteiger charge is -2.27. The Morgan fingerprint density at radius 3 is 2.11 bits per heavy atom. The highest BCUT2D eigenvalue weighted by Gasteiger charge is 2.22.